The van der Waals surface area contributed by atoms with Crippen LogP contribution in [0.4, 0.5) is 0 Å². The maximum absolute atomic E-state index is 4.71. The zero-order valence-corrected chi connectivity index (χ0v) is 14.1. The van der Waals surface area contributed by atoms with Crippen LogP contribution in [0.1, 0.15) is 63.5 Å². The topological polar surface area (TPSA) is 25.8 Å². The predicted octanol–water partition coefficient (Wildman–Crippen LogP) is 5.83. The Kier molecular flexibility index (Phi) is 6.19. The lowest BCUT2D eigenvalue weighted by Crippen LogP contribution is -1.95. The van der Waals surface area contributed by atoms with E-state index in [1.165, 1.54) is 63.5 Å². The molecule has 0 aliphatic heterocycles. The Balaban J connectivity index is 1.33. The Morgan fingerprint density at radius 3 is 2.35 bits per heavy atom. The normalized spacial score (nSPS) is 14.1. The third-order valence-electron chi connectivity index (χ3n) is 4.74. The van der Waals surface area contributed by atoms with Crippen molar-refractivity contribution in [1.82, 2.24) is 9.97 Å². The molecule has 0 spiro atoms. The Hall–Kier alpha value is -1.70. The standard InChI is InChI=1S/C21H28N2/c1(3-6-10-18-14-15-18)2-4-9-13-20-16-17-22-21(23-20)19-11-7-5-8-12-19/h5,7-8,11-12,16-18H,1-4,6,9-10,13-15H2. The highest BCUT2D eigenvalue weighted by molar-refractivity contribution is 5.54. The van der Waals surface area contributed by atoms with Gasteiger partial charge in [-0.05, 0) is 24.8 Å². The van der Waals surface area contributed by atoms with Crippen molar-refractivity contribution in [3.8, 4) is 11.4 Å². The monoisotopic (exact) mass is 308 g/mol. The maximum atomic E-state index is 4.71. The Labute approximate surface area is 140 Å². The molecule has 1 aromatic heterocycles. The van der Waals surface area contributed by atoms with E-state index < -0.39 is 0 Å². The first kappa shape index (κ1) is 16.2. The number of aromatic nitrogens is 2. The van der Waals surface area contributed by atoms with Gasteiger partial charge in [0, 0.05) is 17.5 Å². The van der Waals surface area contributed by atoms with Gasteiger partial charge in [-0.15, -0.1) is 0 Å². The largest absolute Gasteiger partial charge is 0.237 e. The average Bonchev–Trinajstić information content (AvgIpc) is 3.43. The van der Waals surface area contributed by atoms with Crippen LogP contribution in [-0.4, -0.2) is 9.97 Å². The smallest absolute Gasteiger partial charge is 0.159 e. The molecule has 1 aliphatic carbocycles. The molecule has 1 aromatic carbocycles. The minimum Gasteiger partial charge on any atom is -0.237 e. The summed E-state index contributed by atoms with van der Waals surface area (Å²) in [5, 5.41) is 0. The van der Waals surface area contributed by atoms with Crippen molar-refractivity contribution in [1.29, 1.82) is 0 Å². The molecule has 1 fully saturated rings. The van der Waals surface area contributed by atoms with Crippen LogP contribution >= 0.6 is 0 Å². The van der Waals surface area contributed by atoms with E-state index >= 15 is 0 Å². The molecule has 23 heavy (non-hydrogen) atoms. The summed E-state index contributed by atoms with van der Waals surface area (Å²) >= 11 is 0. The summed E-state index contributed by atoms with van der Waals surface area (Å²) in [6.07, 6.45) is 15.7. The highest BCUT2D eigenvalue weighted by Crippen LogP contribution is 2.34. The van der Waals surface area contributed by atoms with E-state index in [0.717, 1.165) is 23.7 Å². The molecule has 0 N–H and O–H groups in total. The lowest BCUT2D eigenvalue weighted by atomic mass is 10.1. The molecule has 2 aromatic rings. The molecule has 0 saturated heterocycles. The third kappa shape index (κ3) is 5.78. The molecule has 0 bridgehead atoms. The highest BCUT2D eigenvalue weighted by atomic mass is 14.9. The van der Waals surface area contributed by atoms with E-state index in [9.17, 15) is 0 Å². The van der Waals surface area contributed by atoms with Crippen molar-refractivity contribution in [2.45, 2.75) is 64.2 Å². The SMILES string of the molecule is c1ccc(-c2nccc(CCCCCCCCC3CC3)n2)cc1. The van der Waals surface area contributed by atoms with Crippen LogP contribution in [0.3, 0.4) is 0 Å². The van der Waals surface area contributed by atoms with Gasteiger partial charge in [0.15, 0.2) is 5.82 Å². The van der Waals surface area contributed by atoms with Gasteiger partial charge >= 0.3 is 0 Å². The third-order valence-corrected chi connectivity index (χ3v) is 4.74. The summed E-state index contributed by atoms with van der Waals surface area (Å²) < 4.78 is 0. The molecule has 0 atom stereocenters. The van der Waals surface area contributed by atoms with E-state index in [2.05, 4.69) is 23.2 Å². The Morgan fingerprint density at radius 2 is 1.57 bits per heavy atom. The first-order valence-electron chi connectivity index (χ1n) is 9.29. The molecule has 1 aliphatic rings. The first-order valence-corrected chi connectivity index (χ1v) is 9.29. The number of aryl methyl sites for hydroxylation is 1. The van der Waals surface area contributed by atoms with Crippen LogP contribution in [0, 0.1) is 5.92 Å². The fraction of sp³-hybridized carbons (Fsp3) is 0.524. The van der Waals surface area contributed by atoms with Crippen molar-refractivity contribution in [2.75, 3.05) is 0 Å². The average molecular weight is 308 g/mol. The van der Waals surface area contributed by atoms with Crippen LogP contribution in [0.15, 0.2) is 42.6 Å². The summed E-state index contributed by atoms with van der Waals surface area (Å²) in [6, 6.07) is 12.3. The number of hydrogen-bond donors (Lipinski definition) is 0. The minimum absolute atomic E-state index is 0.850. The van der Waals surface area contributed by atoms with Crippen molar-refractivity contribution < 1.29 is 0 Å². The lowest BCUT2D eigenvalue weighted by Gasteiger charge is -2.04. The van der Waals surface area contributed by atoms with Crippen LogP contribution in [0.2, 0.25) is 0 Å². The van der Waals surface area contributed by atoms with Gasteiger partial charge in [-0.1, -0.05) is 81.7 Å². The van der Waals surface area contributed by atoms with E-state index in [1.807, 2.05) is 24.4 Å². The van der Waals surface area contributed by atoms with E-state index in [4.69, 9.17) is 4.98 Å². The number of nitrogens with zero attached hydrogens (tertiary/aromatic N) is 2. The fourth-order valence-electron chi connectivity index (χ4n) is 3.11. The van der Waals surface area contributed by atoms with Gasteiger partial charge in [0.25, 0.3) is 0 Å². The quantitative estimate of drug-likeness (QED) is 0.516. The van der Waals surface area contributed by atoms with Gasteiger partial charge in [0.1, 0.15) is 0 Å². The lowest BCUT2D eigenvalue weighted by molar-refractivity contribution is 0.560. The first-order chi connectivity index (χ1) is 11.4. The van der Waals surface area contributed by atoms with Crippen LogP contribution in [-0.2, 0) is 6.42 Å². The highest BCUT2D eigenvalue weighted by Gasteiger charge is 2.19. The molecule has 122 valence electrons. The molecule has 2 heteroatoms. The molecular weight excluding hydrogens is 280 g/mol. The Bertz CT molecular complexity index is 575. The van der Waals surface area contributed by atoms with Gasteiger partial charge in [0.05, 0.1) is 0 Å². The van der Waals surface area contributed by atoms with Crippen LogP contribution in [0.25, 0.3) is 11.4 Å². The van der Waals surface area contributed by atoms with Crippen molar-refractivity contribution >= 4 is 0 Å². The number of hydrogen-bond acceptors (Lipinski definition) is 2. The maximum Gasteiger partial charge on any atom is 0.159 e. The molecule has 3 rings (SSSR count). The second kappa shape index (κ2) is 8.81. The molecule has 0 radical (unpaired) electrons. The minimum atomic E-state index is 0.850. The van der Waals surface area contributed by atoms with E-state index in [0.29, 0.717) is 0 Å². The van der Waals surface area contributed by atoms with Crippen molar-refractivity contribution in [3.05, 3.63) is 48.3 Å². The second-order valence-electron chi connectivity index (χ2n) is 6.84. The predicted molar refractivity (Wildman–Crippen MR) is 96.2 cm³/mol. The zero-order valence-electron chi connectivity index (χ0n) is 14.1. The zero-order chi connectivity index (χ0) is 15.7. The van der Waals surface area contributed by atoms with Gasteiger partial charge in [-0.3, -0.25) is 0 Å². The fourth-order valence-corrected chi connectivity index (χ4v) is 3.11. The Morgan fingerprint density at radius 1 is 0.826 bits per heavy atom. The number of unbranched alkanes of at least 4 members (excludes halogenated alkanes) is 5. The van der Waals surface area contributed by atoms with Gasteiger partial charge < -0.3 is 0 Å². The van der Waals surface area contributed by atoms with Crippen molar-refractivity contribution in [2.24, 2.45) is 5.92 Å². The van der Waals surface area contributed by atoms with E-state index in [1.54, 1.807) is 0 Å². The van der Waals surface area contributed by atoms with E-state index in [-0.39, 0.29) is 0 Å². The van der Waals surface area contributed by atoms with Crippen LogP contribution < -0.4 is 0 Å². The molecule has 0 amide bonds. The van der Waals surface area contributed by atoms with Crippen molar-refractivity contribution in [3.63, 3.8) is 0 Å². The second-order valence-corrected chi connectivity index (χ2v) is 6.84. The van der Waals surface area contributed by atoms with Gasteiger partial charge in [-0.25, -0.2) is 9.97 Å². The van der Waals surface area contributed by atoms with Gasteiger partial charge in [0.2, 0.25) is 0 Å². The van der Waals surface area contributed by atoms with Gasteiger partial charge in [-0.2, -0.15) is 0 Å². The number of rotatable bonds is 10. The summed E-state index contributed by atoms with van der Waals surface area (Å²) in [5.41, 5.74) is 2.28. The molecule has 0 unspecified atom stereocenters. The van der Waals surface area contributed by atoms with Crippen LogP contribution in [0.5, 0.6) is 0 Å². The molecular formula is C21H28N2. The summed E-state index contributed by atoms with van der Waals surface area (Å²) in [7, 11) is 0. The molecule has 2 nitrogen and oxygen atoms in total. The summed E-state index contributed by atoms with van der Waals surface area (Å²) in [5.74, 6) is 1.95. The summed E-state index contributed by atoms with van der Waals surface area (Å²) in [4.78, 5) is 9.10. The molecule has 1 heterocycles. The summed E-state index contributed by atoms with van der Waals surface area (Å²) in [6.45, 7) is 0. The molecule has 1 saturated carbocycles. The number of benzene rings is 1.